The molecule has 1 saturated carbocycles. The van der Waals surface area contributed by atoms with Crippen molar-refractivity contribution in [2.24, 2.45) is 5.73 Å². The van der Waals surface area contributed by atoms with Crippen molar-refractivity contribution < 1.29 is 9.90 Å². The maximum atomic E-state index is 11.5. The van der Waals surface area contributed by atoms with E-state index in [1.54, 1.807) is 0 Å². The number of hydrogen-bond donors (Lipinski definition) is 4. The lowest BCUT2D eigenvalue weighted by Gasteiger charge is -2.26. The van der Waals surface area contributed by atoms with Gasteiger partial charge < -0.3 is 21.5 Å². The summed E-state index contributed by atoms with van der Waals surface area (Å²) in [6.45, 7) is 5.97. The predicted molar refractivity (Wildman–Crippen MR) is 90.1 cm³/mol. The van der Waals surface area contributed by atoms with Crippen molar-refractivity contribution in [2.75, 3.05) is 10.6 Å². The molecule has 1 amide bonds. The van der Waals surface area contributed by atoms with Gasteiger partial charge in [-0.1, -0.05) is 19.9 Å². The Morgan fingerprint density at radius 3 is 2.74 bits per heavy atom. The monoisotopic (exact) mass is 319 g/mol. The van der Waals surface area contributed by atoms with Gasteiger partial charge in [0.25, 0.3) is 5.91 Å². The van der Waals surface area contributed by atoms with Crippen LogP contribution < -0.4 is 16.4 Å². The molecule has 7 nitrogen and oxygen atoms in total. The van der Waals surface area contributed by atoms with Crippen molar-refractivity contribution in [2.45, 2.75) is 57.6 Å². The Bertz CT molecular complexity index is 568. The topological polar surface area (TPSA) is 113 Å². The molecule has 1 fully saturated rings. The van der Waals surface area contributed by atoms with Gasteiger partial charge in [0.2, 0.25) is 5.95 Å². The third-order valence-electron chi connectivity index (χ3n) is 3.93. The summed E-state index contributed by atoms with van der Waals surface area (Å²) in [5.41, 5.74) is 6.40. The number of anilines is 2. The van der Waals surface area contributed by atoms with Crippen LogP contribution >= 0.6 is 0 Å². The average molecular weight is 319 g/mol. The van der Waals surface area contributed by atoms with Gasteiger partial charge >= 0.3 is 0 Å². The van der Waals surface area contributed by atoms with Crippen molar-refractivity contribution in [3.63, 3.8) is 0 Å². The van der Waals surface area contributed by atoms with Crippen molar-refractivity contribution in [3.8, 4) is 0 Å². The van der Waals surface area contributed by atoms with E-state index in [1.165, 1.54) is 6.20 Å². The molecule has 1 heterocycles. The number of nitrogens with one attached hydrogen (secondary N) is 2. The molecule has 2 rings (SSSR count). The van der Waals surface area contributed by atoms with Gasteiger partial charge in [-0.05, 0) is 32.1 Å². The first-order chi connectivity index (χ1) is 11.0. The Balaban J connectivity index is 2.11. The highest BCUT2D eigenvalue weighted by atomic mass is 16.3. The molecule has 0 saturated heterocycles. The lowest BCUT2D eigenvalue weighted by Crippen LogP contribution is -2.29. The van der Waals surface area contributed by atoms with Gasteiger partial charge in [0.15, 0.2) is 0 Å². The lowest BCUT2D eigenvalue weighted by atomic mass is 9.93. The standard InChI is InChI=1S/C16H25N5O2/c1-3-4-10(2)19-15-13(14(17)23)9-18-16(21-15)20-11-5-7-12(22)8-6-11/h9,11-12,22H,2-8H2,1H3,(H2,17,23)(H2,18,19,20,21)/t11-,12-. The van der Waals surface area contributed by atoms with Crippen molar-refractivity contribution in [3.05, 3.63) is 24.0 Å². The quantitative estimate of drug-likeness (QED) is 0.611. The van der Waals surface area contributed by atoms with Crippen LogP contribution in [0.25, 0.3) is 0 Å². The van der Waals surface area contributed by atoms with Gasteiger partial charge in [0.1, 0.15) is 11.4 Å². The first-order valence-electron chi connectivity index (χ1n) is 8.05. The fourth-order valence-corrected chi connectivity index (χ4v) is 2.66. The Kier molecular flexibility index (Phi) is 5.92. The maximum absolute atomic E-state index is 11.5. The summed E-state index contributed by atoms with van der Waals surface area (Å²) < 4.78 is 0. The molecule has 0 atom stereocenters. The SMILES string of the molecule is C=C(CCC)Nc1nc(N[C@H]2CC[C@H](O)CC2)ncc1C(N)=O. The second-order valence-corrected chi connectivity index (χ2v) is 5.95. The number of rotatable bonds is 7. The molecule has 0 unspecified atom stereocenters. The van der Waals surface area contributed by atoms with E-state index < -0.39 is 5.91 Å². The average Bonchev–Trinajstić information content (AvgIpc) is 2.50. The number of aliphatic hydroxyl groups excluding tert-OH is 1. The Hall–Kier alpha value is -2.15. The van der Waals surface area contributed by atoms with Gasteiger partial charge in [-0.3, -0.25) is 4.79 Å². The normalized spacial score (nSPS) is 20.8. The molecule has 5 N–H and O–H groups in total. The van der Waals surface area contributed by atoms with Crippen LogP contribution in [0.2, 0.25) is 0 Å². The van der Waals surface area contributed by atoms with E-state index in [2.05, 4.69) is 27.2 Å². The third kappa shape index (κ3) is 4.92. The molecule has 0 aliphatic heterocycles. The molecule has 0 aromatic carbocycles. The molecule has 0 bridgehead atoms. The van der Waals surface area contributed by atoms with Gasteiger partial charge in [-0.25, -0.2) is 4.98 Å². The van der Waals surface area contributed by atoms with E-state index in [0.717, 1.165) is 44.2 Å². The van der Waals surface area contributed by atoms with Crippen LogP contribution in [0.15, 0.2) is 18.5 Å². The molecule has 0 spiro atoms. The van der Waals surface area contributed by atoms with Crippen LogP contribution in [0.4, 0.5) is 11.8 Å². The zero-order valence-electron chi connectivity index (χ0n) is 13.5. The number of aromatic nitrogens is 2. The molecule has 1 aliphatic carbocycles. The van der Waals surface area contributed by atoms with Gasteiger partial charge in [0, 0.05) is 17.9 Å². The van der Waals surface area contributed by atoms with Crippen molar-refractivity contribution >= 4 is 17.7 Å². The summed E-state index contributed by atoms with van der Waals surface area (Å²) in [4.78, 5) is 20.1. The van der Waals surface area contributed by atoms with Crippen molar-refractivity contribution in [1.29, 1.82) is 0 Å². The molecule has 1 aliphatic rings. The lowest BCUT2D eigenvalue weighted by molar-refractivity contribution is 0.100. The van der Waals surface area contributed by atoms with Gasteiger partial charge in [-0.15, -0.1) is 0 Å². The zero-order valence-corrected chi connectivity index (χ0v) is 13.5. The van der Waals surface area contributed by atoms with E-state index in [4.69, 9.17) is 5.73 Å². The molecular formula is C16H25N5O2. The summed E-state index contributed by atoms with van der Waals surface area (Å²) in [5, 5.41) is 15.9. The van der Waals surface area contributed by atoms with E-state index in [0.29, 0.717) is 11.8 Å². The predicted octanol–water partition coefficient (Wildman–Crippen LogP) is 2.02. The first kappa shape index (κ1) is 17.2. The Morgan fingerprint density at radius 1 is 1.43 bits per heavy atom. The molecule has 0 radical (unpaired) electrons. The van der Waals surface area contributed by atoms with Crippen LogP contribution in [0.3, 0.4) is 0 Å². The maximum Gasteiger partial charge on any atom is 0.254 e. The van der Waals surface area contributed by atoms with Crippen LogP contribution in [-0.2, 0) is 0 Å². The number of nitrogens with two attached hydrogens (primary N) is 1. The van der Waals surface area contributed by atoms with E-state index in [1.807, 2.05) is 6.92 Å². The number of carbonyl (C=O) groups excluding carboxylic acids is 1. The minimum Gasteiger partial charge on any atom is -0.393 e. The fourth-order valence-electron chi connectivity index (χ4n) is 2.66. The molecular weight excluding hydrogens is 294 g/mol. The Labute approximate surface area is 136 Å². The fraction of sp³-hybridized carbons (Fsp3) is 0.562. The molecule has 23 heavy (non-hydrogen) atoms. The highest BCUT2D eigenvalue weighted by molar-refractivity contribution is 5.97. The minimum atomic E-state index is -0.580. The van der Waals surface area contributed by atoms with E-state index in [9.17, 15) is 9.90 Å². The third-order valence-corrected chi connectivity index (χ3v) is 3.93. The minimum absolute atomic E-state index is 0.208. The summed E-state index contributed by atoms with van der Waals surface area (Å²) in [6, 6.07) is 0.226. The van der Waals surface area contributed by atoms with Gasteiger partial charge in [0.05, 0.1) is 6.10 Å². The second-order valence-electron chi connectivity index (χ2n) is 5.95. The zero-order chi connectivity index (χ0) is 16.8. The van der Waals surface area contributed by atoms with Crippen LogP contribution in [-0.4, -0.2) is 33.1 Å². The van der Waals surface area contributed by atoms with E-state index in [-0.39, 0.29) is 17.7 Å². The van der Waals surface area contributed by atoms with Crippen LogP contribution in [0.5, 0.6) is 0 Å². The smallest absolute Gasteiger partial charge is 0.254 e. The number of carbonyl (C=O) groups is 1. The molecule has 7 heteroatoms. The Morgan fingerprint density at radius 2 is 2.13 bits per heavy atom. The summed E-state index contributed by atoms with van der Waals surface area (Å²) in [7, 11) is 0. The number of amides is 1. The van der Waals surface area contributed by atoms with Crippen LogP contribution in [0, 0.1) is 0 Å². The highest BCUT2D eigenvalue weighted by Crippen LogP contribution is 2.22. The van der Waals surface area contributed by atoms with Crippen molar-refractivity contribution in [1.82, 2.24) is 9.97 Å². The first-order valence-corrected chi connectivity index (χ1v) is 8.05. The molecule has 1 aromatic heterocycles. The largest absolute Gasteiger partial charge is 0.393 e. The van der Waals surface area contributed by atoms with Crippen LogP contribution in [0.1, 0.15) is 55.8 Å². The number of aliphatic hydroxyl groups is 1. The summed E-state index contributed by atoms with van der Waals surface area (Å²) in [6.07, 6.45) is 6.23. The molecule has 1 aromatic rings. The highest BCUT2D eigenvalue weighted by Gasteiger charge is 2.20. The van der Waals surface area contributed by atoms with Gasteiger partial charge in [-0.2, -0.15) is 4.98 Å². The van der Waals surface area contributed by atoms with E-state index >= 15 is 0 Å². The molecule has 126 valence electrons. The summed E-state index contributed by atoms with van der Waals surface area (Å²) in [5.74, 6) is 0.247. The number of nitrogens with zero attached hydrogens (tertiary/aromatic N) is 2. The second kappa shape index (κ2) is 7.92. The number of primary amides is 1. The number of hydrogen-bond acceptors (Lipinski definition) is 6. The summed E-state index contributed by atoms with van der Waals surface area (Å²) >= 11 is 0. The number of allylic oxidation sites excluding steroid dienone is 1.